The molecular formula is C11H15F2NO. The van der Waals surface area contributed by atoms with Crippen LogP contribution < -0.4 is 4.90 Å². The Bertz CT molecular complexity index is 370. The Hall–Kier alpha value is -1.16. The normalized spacial score (nSPS) is 11.7. The van der Waals surface area contributed by atoms with Crippen molar-refractivity contribution in [2.75, 3.05) is 19.0 Å². The van der Waals surface area contributed by atoms with E-state index < -0.39 is 17.2 Å². The van der Waals surface area contributed by atoms with Gasteiger partial charge >= 0.3 is 0 Å². The van der Waals surface area contributed by atoms with Gasteiger partial charge in [-0.3, -0.25) is 0 Å². The van der Waals surface area contributed by atoms with E-state index in [1.54, 1.807) is 14.1 Å². The highest BCUT2D eigenvalue weighted by Crippen LogP contribution is 2.33. The number of aliphatic hydroxyl groups is 1. The van der Waals surface area contributed by atoms with Gasteiger partial charge in [-0.05, 0) is 26.0 Å². The molecule has 0 spiro atoms. The van der Waals surface area contributed by atoms with Crippen molar-refractivity contribution >= 4 is 5.69 Å². The number of halogens is 2. The van der Waals surface area contributed by atoms with Gasteiger partial charge in [0.2, 0.25) is 0 Å². The molecule has 4 heteroatoms. The molecule has 0 amide bonds. The van der Waals surface area contributed by atoms with Gasteiger partial charge in [-0.1, -0.05) is 0 Å². The fourth-order valence-electron chi connectivity index (χ4n) is 1.56. The molecule has 0 unspecified atom stereocenters. The zero-order valence-corrected chi connectivity index (χ0v) is 9.31. The molecule has 0 aromatic heterocycles. The van der Waals surface area contributed by atoms with E-state index in [9.17, 15) is 13.9 Å². The molecule has 0 heterocycles. The van der Waals surface area contributed by atoms with Crippen LogP contribution in [0.4, 0.5) is 14.5 Å². The molecular weight excluding hydrogens is 200 g/mol. The Morgan fingerprint density at radius 3 is 1.93 bits per heavy atom. The highest BCUT2D eigenvalue weighted by Gasteiger charge is 2.27. The summed E-state index contributed by atoms with van der Waals surface area (Å²) in [5.74, 6) is -1.15. The smallest absolute Gasteiger partial charge is 0.147 e. The van der Waals surface area contributed by atoms with Gasteiger partial charge in [-0.15, -0.1) is 0 Å². The van der Waals surface area contributed by atoms with Crippen LogP contribution in [-0.2, 0) is 5.60 Å². The Morgan fingerprint density at radius 2 is 1.60 bits per heavy atom. The molecule has 0 bridgehead atoms. The summed E-state index contributed by atoms with van der Waals surface area (Å²) in [6, 6.07) is 2.08. The fraction of sp³-hybridized carbons (Fsp3) is 0.455. The number of hydrogen-bond donors (Lipinski definition) is 1. The van der Waals surface area contributed by atoms with E-state index in [1.165, 1.54) is 18.7 Å². The van der Waals surface area contributed by atoms with Crippen LogP contribution in [0.3, 0.4) is 0 Å². The van der Waals surface area contributed by atoms with Crippen molar-refractivity contribution < 1.29 is 13.9 Å². The van der Waals surface area contributed by atoms with Crippen LogP contribution in [0.5, 0.6) is 0 Å². The Kier molecular flexibility index (Phi) is 3.00. The maximum atomic E-state index is 13.5. The lowest BCUT2D eigenvalue weighted by Gasteiger charge is -2.26. The monoisotopic (exact) mass is 215 g/mol. The summed E-state index contributed by atoms with van der Waals surface area (Å²) in [5, 5.41) is 9.79. The first kappa shape index (κ1) is 11.9. The topological polar surface area (TPSA) is 23.5 Å². The number of hydrogen-bond acceptors (Lipinski definition) is 2. The second-order valence-electron chi connectivity index (χ2n) is 4.21. The van der Waals surface area contributed by atoms with Gasteiger partial charge in [0.15, 0.2) is 0 Å². The molecule has 1 aromatic carbocycles. The minimum Gasteiger partial charge on any atom is -0.386 e. The van der Waals surface area contributed by atoms with Gasteiger partial charge in [0.25, 0.3) is 0 Å². The van der Waals surface area contributed by atoms with E-state index in [1.807, 2.05) is 0 Å². The lowest BCUT2D eigenvalue weighted by molar-refractivity contribution is 0.0747. The zero-order valence-electron chi connectivity index (χ0n) is 9.31. The summed E-state index contributed by atoms with van der Waals surface area (Å²) in [7, 11) is 3.21. The van der Waals surface area contributed by atoms with Crippen molar-refractivity contribution in [3.05, 3.63) is 29.3 Å². The molecule has 0 fully saturated rings. The quantitative estimate of drug-likeness (QED) is 0.818. The first-order valence-corrected chi connectivity index (χ1v) is 4.63. The molecule has 1 aromatic rings. The van der Waals surface area contributed by atoms with Gasteiger partial charge in [0.1, 0.15) is 11.6 Å². The molecule has 0 atom stereocenters. The second kappa shape index (κ2) is 3.77. The summed E-state index contributed by atoms with van der Waals surface area (Å²) in [6.45, 7) is 2.86. The van der Waals surface area contributed by atoms with Crippen LogP contribution >= 0.6 is 0 Å². The predicted octanol–water partition coefficient (Wildman–Crippen LogP) is 2.26. The summed E-state index contributed by atoms with van der Waals surface area (Å²) in [6.07, 6.45) is 0. The summed E-state index contributed by atoms with van der Waals surface area (Å²) >= 11 is 0. The zero-order chi connectivity index (χ0) is 11.8. The molecule has 0 saturated heterocycles. The Labute approximate surface area is 88.1 Å². The van der Waals surface area contributed by atoms with Crippen LogP contribution in [-0.4, -0.2) is 19.2 Å². The van der Waals surface area contributed by atoms with Crippen LogP contribution in [0, 0.1) is 11.6 Å². The number of benzene rings is 1. The van der Waals surface area contributed by atoms with Gasteiger partial charge < -0.3 is 10.0 Å². The molecule has 1 N–H and O–H groups in total. The summed E-state index contributed by atoms with van der Waals surface area (Å²) in [4.78, 5) is 1.45. The summed E-state index contributed by atoms with van der Waals surface area (Å²) < 4.78 is 27.0. The standard InChI is InChI=1S/C11H15F2NO/c1-11(2,15)9-7(12)5-6-8(13)10(9)14(3)4/h5-6,15H,1-4H3. The molecule has 0 aliphatic heterocycles. The van der Waals surface area contributed by atoms with E-state index in [0.29, 0.717) is 0 Å². The summed E-state index contributed by atoms with van der Waals surface area (Å²) in [5.41, 5.74) is -1.35. The van der Waals surface area contributed by atoms with E-state index in [2.05, 4.69) is 0 Å². The van der Waals surface area contributed by atoms with Crippen molar-refractivity contribution in [3.8, 4) is 0 Å². The minimum absolute atomic E-state index is 0.0208. The number of rotatable bonds is 2. The predicted molar refractivity (Wildman–Crippen MR) is 55.9 cm³/mol. The fourth-order valence-corrected chi connectivity index (χ4v) is 1.56. The average molecular weight is 215 g/mol. The molecule has 0 aliphatic carbocycles. The van der Waals surface area contributed by atoms with Crippen LogP contribution in [0.2, 0.25) is 0 Å². The molecule has 84 valence electrons. The lowest BCUT2D eigenvalue weighted by Crippen LogP contribution is -2.24. The van der Waals surface area contributed by atoms with Crippen molar-refractivity contribution in [2.45, 2.75) is 19.4 Å². The minimum atomic E-state index is -1.41. The van der Waals surface area contributed by atoms with Crippen LogP contribution in [0.15, 0.2) is 12.1 Å². The third-order valence-electron chi connectivity index (χ3n) is 2.14. The molecule has 0 saturated carbocycles. The second-order valence-corrected chi connectivity index (χ2v) is 4.21. The molecule has 1 rings (SSSR count). The van der Waals surface area contributed by atoms with Gasteiger partial charge in [-0.2, -0.15) is 0 Å². The third kappa shape index (κ3) is 2.26. The Balaban J connectivity index is 3.53. The molecule has 0 aliphatic rings. The maximum absolute atomic E-state index is 13.5. The maximum Gasteiger partial charge on any atom is 0.147 e. The van der Waals surface area contributed by atoms with Crippen molar-refractivity contribution in [1.29, 1.82) is 0 Å². The third-order valence-corrected chi connectivity index (χ3v) is 2.14. The number of anilines is 1. The van der Waals surface area contributed by atoms with Crippen molar-refractivity contribution in [1.82, 2.24) is 0 Å². The largest absolute Gasteiger partial charge is 0.386 e. The van der Waals surface area contributed by atoms with Crippen molar-refractivity contribution in [3.63, 3.8) is 0 Å². The SMILES string of the molecule is CN(C)c1c(F)ccc(F)c1C(C)(C)O. The van der Waals surface area contributed by atoms with Crippen LogP contribution in [0.1, 0.15) is 19.4 Å². The first-order chi connectivity index (χ1) is 6.75. The molecule has 2 nitrogen and oxygen atoms in total. The van der Waals surface area contributed by atoms with E-state index in [4.69, 9.17) is 0 Å². The lowest BCUT2D eigenvalue weighted by atomic mass is 9.95. The van der Waals surface area contributed by atoms with E-state index in [0.717, 1.165) is 12.1 Å². The Morgan fingerprint density at radius 1 is 1.13 bits per heavy atom. The highest BCUT2D eigenvalue weighted by molar-refractivity contribution is 5.56. The number of nitrogens with zero attached hydrogens (tertiary/aromatic N) is 1. The van der Waals surface area contributed by atoms with E-state index >= 15 is 0 Å². The highest BCUT2D eigenvalue weighted by atomic mass is 19.1. The molecule has 0 radical (unpaired) electrons. The average Bonchev–Trinajstić information content (AvgIpc) is 2.05. The van der Waals surface area contributed by atoms with Gasteiger partial charge in [-0.25, -0.2) is 8.78 Å². The van der Waals surface area contributed by atoms with Gasteiger partial charge in [0.05, 0.1) is 11.3 Å². The van der Waals surface area contributed by atoms with Crippen molar-refractivity contribution in [2.24, 2.45) is 0 Å². The van der Waals surface area contributed by atoms with Crippen LogP contribution in [0.25, 0.3) is 0 Å². The first-order valence-electron chi connectivity index (χ1n) is 4.63. The van der Waals surface area contributed by atoms with E-state index in [-0.39, 0.29) is 11.3 Å². The molecule has 15 heavy (non-hydrogen) atoms. The van der Waals surface area contributed by atoms with Gasteiger partial charge in [0, 0.05) is 19.7 Å².